The van der Waals surface area contributed by atoms with Gasteiger partial charge in [-0.3, -0.25) is 4.99 Å². The lowest BCUT2D eigenvalue weighted by molar-refractivity contribution is 0.230. The van der Waals surface area contributed by atoms with Crippen LogP contribution in [0, 0.1) is 0 Å². The molecular formula is C19H20N4O. The molecule has 5 nitrogen and oxygen atoms in total. The number of rotatable bonds is 4. The largest absolute Gasteiger partial charge is 0.485 e. The number of aliphatic imine (C=N–C) groups is 1. The Morgan fingerprint density at radius 2 is 1.92 bits per heavy atom. The Morgan fingerprint density at radius 3 is 2.71 bits per heavy atom. The van der Waals surface area contributed by atoms with E-state index in [9.17, 15) is 0 Å². The van der Waals surface area contributed by atoms with Crippen molar-refractivity contribution in [1.29, 1.82) is 0 Å². The molecule has 24 heavy (non-hydrogen) atoms. The molecule has 0 bridgehead atoms. The topological polar surface area (TPSA) is 86.5 Å². The van der Waals surface area contributed by atoms with E-state index < -0.39 is 0 Å². The number of nitrogens with two attached hydrogens (primary N) is 2. The first-order valence-electron chi connectivity index (χ1n) is 7.73. The van der Waals surface area contributed by atoms with Crippen LogP contribution in [0.15, 0.2) is 59.6 Å². The van der Waals surface area contributed by atoms with Crippen molar-refractivity contribution in [2.45, 2.75) is 13.0 Å². The zero-order valence-corrected chi connectivity index (χ0v) is 13.7. The minimum Gasteiger partial charge on any atom is -0.485 e. The highest BCUT2D eigenvalue weighted by Crippen LogP contribution is 2.30. The van der Waals surface area contributed by atoms with E-state index in [0.717, 1.165) is 22.0 Å². The summed E-state index contributed by atoms with van der Waals surface area (Å²) in [6, 6.07) is 17.4. The lowest BCUT2D eigenvalue weighted by Crippen LogP contribution is -2.14. The van der Waals surface area contributed by atoms with Crippen molar-refractivity contribution < 1.29 is 4.74 Å². The molecular weight excluding hydrogens is 300 g/mol. The second kappa shape index (κ2) is 6.58. The van der Waals surface area contributed by atoms with Crippen LogP contribution in [0.1, 0.15) is 24.2 Å². The van der Waals surface area contributed by atoms with E-state index >= 15 is 0 Å². The molecule has 1 heterocycles. The molecule has 2 aromatic carbocycles. The minimum absolute atomic E-state index is 0.167. The highest BCUT2D eigenvalue weighted by molar-refractivity contribution is 5.97. The standard InChI is InChI=1S/C19H20N4O/c1-12(13-6-5-7-14(10-13)19(21)22-2)24-17-11-18(20)23-16-9-4-3-8-15(16)17/h3-12H,1-2H3,(H2,20,23)(H2,21,22). The molecule has 1 aromatic heterocycles. The predicted molar refractivity (Wildman–Crippen MR) is 98.3 cm³/mol. The summed E-state index contributed by atoms with van der Waals surface area (Å²) >= 11 is 0. The van der Waals surface area contributed by atoms with E-state index in [1.807, 2.05) is 55.5 Å². The number of hydrogen-bond donors (Lipinski definition) is 2. The number of nitrogen functional groups attached to an aromatic ring is 1. The summed E-state index contributed by atoms with van der Waals surface area (Å²) < 4.78 is 6.16. The zero-order chi connectivity index (χ0) is 17.1. The number of hydrogen-bond acceptors (Lipinski definition) is 4. The molecule has 3 rings (SSSR count). The first-order chi connectivity index (χ1) is 11.6. The second-order valence-corrected chi connectivity index (χ2v) is 5.56. The smallest absolute Gasteiger partial charge is 0.133 e. The Hall–Kier alpha value is -3.08. The molecule has 0 spiro atoms. The van der Waals surface area contributed by atoms with Crippen LogP contribution in [0.5, 0.6) is 5.75 Å². The fourth-order valence-corrected chi connectivity index (χ4v) is 2.60. The SMILES string of the molecule is CN=C(N)c1cccc(C(C)Oc2cc(N)nc3ccccc23)c1. The summed E-state index contributed by atoms with van der Waals surface area (Å²) in [5, 5.41) is 0.935. The Morgan fingerprint density at radius 1 is 1.12 bits per heavy atom. The maximum atomic E-state index is 6.16. The van der Waals surface area contributed by atoms with Gasteiger partial charge in [0.15, 0.2) is 0 Å². The van der Waals surface area contributed by atoms with Gasteiger partial charge in [-0.05, 0) is 30.7 Å². The Kier molecular flexibility index (Phi) is 4.33. The molecule has 1 atom stereocenters. The zero-order valence-electron chi connectivity index (χ0n) is 13.7. The average Bonchev–Trinajstić information content (AvgIpc) is 2.61. The predicted octanol–water partition coefficient (Wildman–Crippen LogP) is 3.29. The second-order valence-electron chi connectivity index (χ2n) is 5.56. The minimum atomic E-state index is -0.167. The van der Waals surface area contributed by atoms with Gasteiger partial charge >= 0.3 is 0 Å². The maximum Gasteiger partial charge on any atom is 0.133 e. The van der Waals surface area contributed by atoms with Crippen LogP contribution < -0.4 is 16.2 Å². The Bertz CT molecular complexity index is 905. The Labute approximate surface area is 141 Å². The molecule has 0 aliphatic rings. The number of benzene rings is 2. The van der Waals surface area contributed by atoms with Crippen molar-refractivity contribution in [3.05, 3.63) is 65.7 Å². The molecule has 0 saturated carbocycles. The van der Waals surface area contributed by atoms with Gasteiger partial charge in [0.2, 0.25) is 0 Å². The summed E-state index contributed by atoms with van der Waals surface area (Å²) in [5.41, 5.74) is 14.5. The van der Waals surface area contributed by atoms with Gasteiger partial charge in [0.1, 0.15) is 23.5 Å². The normalized spacial score (nSPS) is 13.0. The van der Waals surface area contributed by atoms with E-state index in [1.54, 1.807) is 13.1 Å². The lowest BCUT2D eigenvalue weighted by atomic mass is 10.1. The molecule has 0 fully saturated rings. The molecule has 4 N–H and O–H groups in total. The van der Waals surface area contributed by atoms with Crippen molar-refractivity contribution in [1.82, 2.24) is 4.98 Å². The average molecular weight is 320 g/mol. The van der Waals surface area contributed by atoms with Gasteiger partial charge in [-0.1, -0.05) is 30.3 Å². The van der Waals surface area contributed by atoms with Crippen LogP contribution in [0.4, 0.5) is 5.82 Å². The van der Waals surface area contributed by atoms with Crippen molar-refractivity contribution in [2.75, 3.05) is 12.8 Å². The highest BCUT2D eigenvalue weighted by atomic mass is 16.5. The monoisotopic (exact) mass is 320 g/mol. The summed E-state index contributed by atoms with van der Waals surface area (Å²) in [6.07, 6.45) is -0.167. The quantitative estimate of drug-likeness (QED) is 0.570. The van der Waals surface area contributed by atoms with E-state index in [-0.39, 0.29) is 6.10 Å². The Balaban J connectivity index is 1.94. The van der Waals surface area contributed by atoms with Crippen LogP contribution in [0.2, 0.25) is 0 Å². The van der Waals surface area contributed by atoms with E-state index in [0.29, 0.717) is 17.4 Å². The van der Waals surface area contributed by atoms with Crippen molar-refractivity contribution in [2.24, 2.45) is 10.7 Å². The highest BCUT2D eigenvalue weighted by Gasteiger charge is 2.12. The molecule has 5 heteroatoms. The van der Waals surface area contributed by atoms with Crippen LogP contribution in [0.3, 0.4) is 0 Å². The van der Waals surface area contributed by atoms with Gasteiger partial charge < -0.3 is 16.2 Å². The fraction of sp³-hybridized carbons (Fsp3) is 0.158. The van der Waals surface area contributed by atoms with E-state index in [4.69, 9.17) is 16.2 Å². The van der Waals surface area contributed by atoms with Gasteiger partial charge in [0.05, 0.1) is 5.52 Å². The van der Waals surface area contributed by atoms with Gasteiger partial charge in [0, 0.05) is 24.1 Å². The summed E-state index contributed by atoms with van der Waals surface area (Å²) in [4.78, 5) is 8.35. The first-order valence-corrected chi connectivity index (χ1v) is 7.73. The number of para-hydroxylation sites is 1. The maximum absolute atomic E-state index is 6.16. The molecule has 1 unspecified atom stereocenters. The van der Waals surface area contributed by atoms with E-state index in [1.165, 1.54) is 0 Å². The van der Waals surface area contributed by atoms with Gasteiger partial charge in [-0.25, -0.2) is 4.98 Å². The number of ether oxygens (including phenoxy) is 1. The van der Waals surface area contributed by atoms with Crippen LogP contribution in [0.25, 0.3) is 10.9 Å². The molecule has 0 saturated heterocycles. The van der Waals surface area contributed by atoms with Gasteiger partial charge in [0.25, 0.3) is 0 Å². The summed E-state index contributed by atoms with van der Waals surface area (Å²) in [6.45, 7) is 1.99. The number of fused-ring (bicyclic) bond motifs is 1. The van der Waals surface area contributed by atoms with Crippen molar-refractivity contribution in [3.63, 3.8) is 0 Å². The number of aromatic nitrogens is 1. The molecule has 3 aromatic rings. The number of amidine groups is 1. The van der Waals surface area contributed by atoms with Gasteiger partial charge in [-0.15, -0.1) is 0 Å². The summed E-state index contributed by atoms with van der Waals surface area (Å²) in [7, 11) is 1.67. The third-order valence-corrected chi connectivity index (χ3v) is 3.89. The number of nitrogens with zero attached hydrogens (tertiary/aromatic N) is 2. The molecule has 0 radical (unpaired) electrons. The van der Waals surface area contributed by atoms with Crippen molar-refractivity contribution in [3.8, 4) is 5.75 Å². The van der Waals surface area contributed by atoms with Crippen LogP contribution in [-0.2, 0) is 0 Å². The van der Waals surface area contributed by atoms with Gasteiger partial charge in [-0.2, -0.15) is 0 Å². The molecule has 0 aliphatic carbocycles. The van der Waals surface area contributed by atoms with E-state index in [2.05, 4.69) is 9.98 Å². The number of pyridine rings is 1. The number of anilines is 1. The van der Waals surface area contributed by atoms with Crippen LogP contribution in [-0.4, -0.2) is 17.9 Å². The third kappa shape index (κ3) is 3.15. The first kappa shape index (κ1) is 15.8. The third-order valence-electron chi connectivity index (χ3n) is 3.89. The van der Waals surface area contributed by atoms with Crippen molar-refractivity contribution >= 4 is 22.6 Å². The van der Waals surface area contributed by atoms with Crippen LogP contribution >= 0.6 is 0 Å². The fourth-order valence-electron chi connectivity index (χ4n) is 2.60. The molecule has 122 valence electrons. The molecule has 0 aliphatic heterocycles. The summed E-state index contributed by atoms with van der Waals surface area (Å²) in [5.74, 6) is 1.66. The lowest BCUT2D eigenvalue weighted by Gasteiger charge is -2.17. The molecule has 0 amide bonds.